The molecule has 1 fully saturated rings. The standard InChI is InChI=1S/C21H24N2O6S/c1-15-9-11-18(12-10-15)30(27,28)22-13-5-6-17(14-22)21(24)29-16(2)19-7-3-4-8-20(19)23(25)26/h3-4,7-12,16-17H,5-6,13-14H2,1-2H3/t16-,17-/m1/s1. The average molecular weight is 432 g/mol. The number of nitrogens with zero attached hydrogens (tertiary/aromatic N) is 2. The fourth-order valence-corrected chi connectivity index (χ4v) is 5.07. The van der Waals surface area contributed by atoms with Gasteiger partial charge in [-0.25, -0.2) is 8.42 Å². The van der Waals surface area contributed by atoms with Crippen molar-refractivity contribution >= 4 is 21.7 Å². The molecule has 3 rings (SSSR count). The molecule has 0 aliphatic carbocycles. The van der Waals surface area contributed by atoms with Gasteiger partial charge in [-0.05, 0) is 44.9 Å². The summed E-state index contributed by atoms with van der Waals surface area (Å²) in [6.45, 7) is 3.81. The van der Waals surface area contributed by atoms with Crippen molar-refractivity contribution in [3.8, 4) is 0 Å². The van der Waals surface area contributed by atoms with Crippen LogP contribution in [0.3, 0.4) is 0 Å². The number of rotatable bonds is 6. The van der Waals surface area contributed by atoms with Gasteiger partial charge in [-0.2, -0.15) is 4.31 Å². The van der Waals surface area contributed by atoms with Crippen LogP contribution in [0.5, 0.6) is 0 Å². The minimum absolute atomic E-state index is 0.0264. The first-order valence-electron chi connectivity index (χ1n) is 9.71. The number of nitro groups is 1. The van der Waals surface area contributed by atoms with Gasteiger partial charge in [0.05, 0.1) is 21.3 Å². The molecule has 0 amide bonds. The molecule has 1 aliphatic heterocycles. The van der Waals surface area contributed by atoms with Gasteiger partial charge in [-0.3, -0.25) is 14.9 Å². The van der Waals surface area contributed by atoms with E-state index in [1.54, 1.807) is 49.4 Å². The number of benzene rings is 2. The van der Waals surface area contributed by atoms with Gasteiger partial charge < -0.3 is 4.74 Å². The molecular weight excluding hydrogens is 408 g/mol. The van der Waals surface area contributed by atoms with E-state index in [9.17, 15) is 23.3 Å². The van der Waals surface area contributed by atoms with Crippen molar-refractivity contribution in [1.29, 1.82) is 0 Å². The molecule has 0 spiro atoms. The molecule has 0 aromatic heterocycles. The van der Waals surface area contributed by atoms with E-state index < -0.39 is 32.9 Å². The van der Waals surface area contributed by atoms with E-state index in [0.717, 1.165) is 5.56 Å². The van der Waals surface area contributed by atoms with Crippen molar-refractivity contribution in [3.63, 3.8) is 0 Å². The van der Waals surface area contributed by atoms with E-state index in [1.807, 2.05) is 6.92 Å². The summed E-state index contributed by atoms with van der Waals surface area (Å²) >= 11 is 0. The second kappa shape index (κ2) is 8.93. The van der Waals surface area contributed by atoms with Gasteiger partial charge >= 0.3 is 5.97 Å². The van der Waals surface area contributed by atoms with Crippen LogP contribution >= 0.6 is 0 Å². The molecule has 2 aromatic rings. The highest BCUT2D eigenvalue weighted by Crippen LogP contribution is 2.30. The van der Waals surface area contributed by atoms with Crippen molar-refractivity contribution < 1.29 is 22.9 Å². The first-order chi connectivity index (χ1) is 14.2. The number of piperidine rings is 1. The lowest BCUT2D eigenvalue weighted by atomic mass is 9.99. The first-order valence-corrected chi connectivity index (χ1v) is 11.1. The largest absolute Gasteiger partial charge is 0.457 e. The predicted molar refractivity (Wildman–Crippen MR) is 110 cm³/mol. The van der Waals surface area contributed by atoms with Gasteiger partial charge in [0.2, 0.25) is 10.0 Å². The van der Waals surface area contributed by atoms with Crippen LogP contribution in [-0.4, -0.2) is 36.7 Å². The van der Waals surface area contributed by atoms with Crippen LogP contribution in [0.1, 0.15) is 37.0 Å². The van der Waals surface area contributed by atoms with Crippen molar-refractivity contribution in [2.24, 2.45) is 5.92 Å². The molecule has 9 heteroatoms. The number of hydrogen-bond acceptors (Lipinski definition) is 6. The van der Waals surface area contributed by atoms with Gasteiger partial charge in [-0.1, -0.05) is 29.8 Å². The summed E-state index contributed by atoms with van der Waals surface area (Å²) in [4.78, 5) is 23.6. The summed E-state index contributed by atoms with van der Waals surface area (Å²) < 4.78 is 32.7. The predicted octanol–water partition coefficient (Wildman–Crippen LogP) is 3.61. The number of sulfonamides is 1. The molecule has 0 saturated carbocycles. The lowest BCUT2D eigenvalue weighted by Gasteiger charge is -2.31. The van der Waals surface area contributed by atoms with Crippen molar-refractivity contribution in [2.45, 2.75) is 37.7 Å². The third-order valence-electron chi connectivity index (χ3n) is 5.24. The van der Waals surface area contributed by atoms with Crippen LogP contribution in [-0.2, 0) is 19.6 Å². The zero-order chi connectivity index (χ0) is 21.9. The molecule has 1 heterocycles. The SMILES string of the molecule is Cc1ccc(S(=O)(=O)N2CCC[C@@H](C(=O)O[C@H](C)c3ccccc3[N+](=O)[O-])C2)cc1. The Morgan fingerprint density at radius 2 is 1.87 bits per heavy atom. The summed E-state index contributed by atoms with van der Waals surface area (Å²) in [7, 11) is -3.71. The molecule has 0 N–H and O–H groups in total. The normalized spacial score (nSPS) is 18.5. The van der Waals surface area contributed by atoms with Gasteiger partial charge in [0.1, 0.15) is 6.10 Å². The van der Waals surface area contributed by atoms with Crippen LogP contribution < -0.4 is 0 Å². The Labute approximate surface area is 175 Å². The van der Waals surface area contributed by atoms with E-state index >= 15 is 0 Å². The lowest BCUT2D eigenvalue weighted by Crippen LogP contribution is -2.42. The van der Waals surface area contributed by atoms with E-state index in [-0.39, 0.29) is 17.1 Å². The maximum atomic E-state index is 12.9. The average Bonchev–Trinajstić information content (AvgIpc) is 2.74. The highest BCUT2D eigenvalue weighted by atomic mass is 32.2. The number of carbonyl (C=O) groups excluding carboxylic acids is 1. The summed E-state index contributed by atoms with van der Waals surface area (Å²) in [5.74, 6) is -1.17. The minimum Gasteiger partial charge on any atom is -0.457 e. The van der Waals surface area contributed by atoms with Gasteiger partial charge in [-0.15, -0.1) is 0 Å². The Bertz CT molecular complexity index is 1040. The van der Waals surface area contributed by atoms with Crippen molar-refractivity contribution in [1.82, 2.24) is 4.31 Å². The molecule has 30 heavy (non-hydrogen) atoms. The maximum absolute atomic E-state index is 12.9. The Morgan fingerprint density at radius 3 is 2.53 bits per heavy atom. The fraction of sp³-hybridized carbons (Fsp3) is 0.381. The molecular formula is C21H24N2O6S. The van der Waals surface area contributed by atoms with Crippen molar-refractivity contribution in [3.05, 3.63) is 69.8 Å². The number of hydrogen-bond donors (Lipinski definition) is 0. The molecule has 1 aliphatic rings. The fourth-order valence-electron chi connectivity index (χ4n) is 3.54. The number of ether oxygens (including phenoxy) is 1. The van der Waals surface area contributed by atoms with Crippen LogP contribution in [0.25, 0.3) is 0 Å². The van der Waals surface area contributed by atoms with E-state index in [0.29, 0.717) is 24.9 Å². The Kier molecular flexibility index (Phi) is 6.52. The van der Waals surface area contributed by atoms with E-state index in [2.05, 4.69) is 0 Å². The van der Waals surface area contributed by atoms with Gasteiger partial charge in [0, 0.05) is 19.2 Å². The van der Waals surface area contributed by atoms with Crippen molar-refractivity contribution in [2.75, 3.05) is 13.1 Å². The first kappa shape index (κ1) is 21.9. The van der Waals surface area contributed by atoms with Gasteiger partial charge in [0.15, 0.2) is 0 Å². The third kappa shape index (κ3) is 4.68. The molecule has 0 unspecified atom stereocenters. The summed E-state index contributed by atoms with van der Waals surface area (Å²) in [6, 6.07) is 12.7. The number of para-hydroxylation sites is 1. The molecule has 0 bridgehead atoms. The summed E-state index contributed by atoms with van der Waals surface area (Å²) in [5, 5.41) is 11.2. The zero-order valence-corrected chi connectivity index (χ0v) is 17.7. The maximum Gasteiger partial charge on any atom is 0.310 e. The summed E-state index contributed by atoms with van der Waals surface area (Å²) in [6.07, 6.45) is 0.218. The lowest BCUT2D eigenvalue weighted by molar-refractivity contribution is -0.386. The Morgan fingerprint density at radius 1 is 1.20 bits per heavy atom. The quantitative estimate of drug-likeness (QED) is 0.392. The monoisotopic (exact) mass is 432 g/mol. The molecule has 0 radical (unpaired) electrons. The number of aryl methyl sites for hydroxylation is 1. The highest BCUT2D eigenvalue weighted by molar-refractivity contribution is 7.89. The second-order valence-corrected chi connectivity index (χ2v) is 9.35. The topological polar surface area (TPSA) is 107 Å². The zero-order valence-electron chi connectivity index (χ0n) is 16.9. The number of nitro benzene ring substituents is 1. The second-order valence-electron chi connectivity index (χ2n) is 7.41. The van der Waals surface area contributed by atoms with Crippen LogP contribution in [0, 0.1) is 23.0 Å². The third-order valence-corrected chi connectivity index (χ3v) is 7.12. The van der Waals surface area contributed by atoms with Crippen LogP contribution in [0.2, 0.25) is 0 Å². The van der Waals surface area contributed by atoms with Crippen LogP contribution in [0.15, 0.2) is 53.4 Å². The van der Waals surface area contributed by atoms with Crippen LogP contribution in [0.4, 0.5) is 5.69 Å². The molecule has 2 atom stereocenters. The molecule has 2 aromatic carbocycles. The molecule has 160 valence electrons. The number of esters is 1. The Balaban J connectivity index is 1.71. The smallest absolute Gasteiger partial charge is 0.310 e. The molecule has 1 saturated heterocycles. The summed E-state index contributed by atoms with van der Waals surface area (Å²) in [5.41, 5.74) is 1.14. The highest BCUT2D eigenvalue weighted by Gasteiger charge is 2.35. The Hall–Kier alpha value is -2.78. The number of carbonyl (C=O) groups is 1. The van der Waals surface area contributed by atoms with Gasteiger partial charge in [0.25, 0.3) is 5.69 Å². The molecule has 8 nitrogen and oxygen atoms in total. The van der Waals surface area contributed by atoms with E-state index in [1.165, 1.54) is 10.4 Å². The van der Waals surface area contributed by atoms with E-state index in [4.69, 9.17) is 4.74 Å². The minimum atomic E-state index is -3.71.